The standard InChI is InChI=1S/C9H12N2/c1-9(2)7-5-3-4-6(5)8(7)10-11-9/h3-8H,1-2H3/t5-,6+,7+,8-/m0/s1. The second-order valence-corrected chi connectivity index (χ2v) is 4.43. The zero-order valence-corrected chi connectivity index (χ0v) is 6.86. The summed E-state index contributed by atoms with van der Waals surface area (Å²) in [7, 11) is 0. The van der Waals surface area contributed by atoms with E-state index in [1.165, 1.54) is 0 Å². The van der Waals surface area contributed by atoms with Crippen molar-refractivity contribution in [3.8, 4) is 0 Å². The summed E-state index contributed by atoms with van der Waals surface area (Å²) in [5.74, 6) is 2.29. The lowest BCUT2D eigenvalue weighted by Crippen LogP contribution is -2.56. The number of hydrogen-bond donors (Lipinski definition) is 0. The predicted octanol–water partition coefficient (Wildman–Crippen LogP) is 2.03. The van der Waals surface area contributed by atoms with Crippen LogP contribution in [0.25, 0.3) is 0 Å². The molecule has 0 aromatic heterocycles. The van der Waals surface area contributed by atoms with E-state index in [9.17, 15) is 0 Å². The first-order valence-electron chi connectivity index (χ1n) is 4.30. The van der Waals surface area contributed by atoms with Gasteiger partial charge in [-0.1, -0.05) is 12.2 Å². The lowest BCUT2D eigenvalue weighted by atomic mass is 9.51. The summed E-state index contributed by atoms with van der Waals surface area (Å²) in [6.07, 6.45) is 4.61. The fourth-order valence-electron chi connectivity index (χ4n) is 2.71. The molecule has 0 saturated heterocycles. The average Bonchev–Trinajstić information content (AvgIpc) is 2.10. The van der Waals surface area contributed by atoms with Gasteiger partial charge in [-0.2, -0.15) is 10.2 Å². The molecule has 3 rings (SSSR count). The fraction of sp³-hybridized carbons (Fsp3) is 0.778. The van der Waals surface area contributed by atoms with E-state index in [-0.39, 0.29) is 5.54 Å². The first-order valence-corrected chi connectivity index (χ1v) is 4.30. The van der Waals surface area contributed by atoms with Gasteiger partial charge in [0.1, 0.15) is 0 Å². The van der Waals surface area contributed by atoms with Gasteiger partial charge in [0.25, 0.3) is 0 Å². The molecular formula is C9H12N2. The van der Waals surface area contributed by atoms with Crippen LogP contribution >= 0.6 is 0 Å². The van der Waals surface area contributed by atoms with E-state index in [0.717, 1.165) is 17.8 Å². The highest BCUT2D eigenvalue weighted by Gasteiger charge is 2.61. The Bertz CT molecular complexity index is 265. The third kappa shape index (κ3) is 0.481. The zero-order valence-electron chi connectivity index (χ0n) is 6.86. The molecule has 58 valence electrons. The highest BCUT2D eigenvalue weighted by molar-refractivity contribution is 5.29. The number of azo groups is 1. The quantitative estimate of drug-likeness (QED) is 0.469. The zero-order chi connectivity index (χ0) is 7.64. The van der Waals surface area contributed by atoms with E-state index < -0.39 is 0 Å². The molecular weight excluding hydrogens is 136 g/mol. The summed E-state index contributed by atoms with van der Waals surface area (Å²) >= 11 is 0. The molecule has 2 aliphatic carbocycles. The van der Waals surface area contributed by atoms with Crippen molar-refractivity contribution in [3.05, 3.63) is 12.2 Å². The van der Waals surface area contributed by atoms with Crippen molar-refractivity contribution in [2.45, 2.75) is 25.4 Å². The van der Waals surface area contributed by atoms with E-state index in [4.69, 9.17) is 0 Å². The fourth-order valence-corrected chi connectivity index (χ4v) is 2.71. The predicted molar refractivity (Wildman–Crippen MR) is 42.3 cm³/mol. The van der Waals surface area contributed by atoms with Crippen molar-refractivity contribution in [2.75, 3.05) is 0 Å². The largest absolute Gasteiger partial charge is 0.189 e. The van der Waals surface area contributed by atoms with Crippen molar-refractivity contribution in [3.63, 3.8) is 0 Å². The molecule has 0 aromatic rings. The molecule has 11 heavy (non-hydrogen) atoms. The number of fused-ring (bicyclic) bond motifs is 4. The van der Waals surface area contributed by atoms with Gasteiger partial charge >= 0.3 is 0 Å². The van der Waals surface area contributed by atoms with Gasteiger partial charge in [-0.05, 0) is 19.8 Å². The third-order valence-corrected chi connectivity index (χ3v) is 3.44. The Morgan fingerprint density at radius 2 is 1.91 bits per heavy atom. The van der Waals surface area contributed by atoms with Gasteiger partial charge in [0.15, 0.2) is 0 Å². The number of hydrogen-bond acceptors (Lipinski definition) is 2. The summed E-state index contributed by atoms with van der Waals surface area (Å²) in [6, 6.07) is 0.542. The summed E-state index contributed by atoms with van der Waals surface area (Å²) in [5.41, 5.74) is 0.122. The topological polar surface area (TPSA) is 24.7 Å². The van der Waals surface area contributed by atoms with Crippen LogP contribution in [0.15, 0.2) is 22.4 Å². The highest BCUT2D eigenvalue weighted by atomic mass is 15.2. The lowest BCUT2D eigenvalue weighted by Gasteiger charge is -2.52. The maximum absolute atomic E-state index is 4.32. The van der Waals surface area contributed by atoms with Crippen LogP contribution in [-0.2, 0) is 0 Å². The van der Waals surface area contributed by atoms with Gasteiger partial charge in [-0.15, -0.1) is 0 Å². The van der Waals surface area contributed by atoms with Crippen LogP contribution in [0.3, 0.4) is 0 Å². The van der Waals surface area contributed by atoms with Gasteiger partial charge in [-0.25, -0.2) is 0 Å². The Hall–Kier alpha value is -0.660. The molecule has 0 bridgehead atoms. The minimum Gasteiger partial charge on any atom is -0.189 e. The molecule has 1 fully saturated rings. The van der Waals surface area contributed by atoms with Crippen LogP contribution in [0.1, 0.15) is 13.8 Å². The first kappa shape index (κ1) is 5.92. The first-order chi connectivity index (χ1) is 5.20. The van der Waals surface area contributed by atoms with Crippen molar-refractivity contribution in [1.29, 1.82) is 0 Å². The summed E-state index contributed by atoms with van der Waals surface area (Å²) in [4.78, 5) is 0. The van der Waals surface area contributed by atoms with Gasteiger partial charge in [0.05, 0.1) is 11.6 Å². The van der Waals surface area contributed by atoms with E-state index in [2.05, 4.69) is 36.2 Å². The van der Waals surface area contributed by atoms with Crippen LogP contribution in [0.4, 0.5) is 0 Å². The van der Waals surface area contributed by atoms with Crippen LogP contribution in [0.2, 0.25) is 0 Å². The van der Waals surface area contributed by atoms with Crippen LogP contribution in [0, 0.1) is 17.8 Å². The molecule has 2 heteroatoms. The second kappa shape index (κ2) is 1.43. The molecule has 0 spiro atoms. The van der Waals surface area contributed by atoms with Crippen LogP contribution in [-0.4, -0.2) is 11.6 Å². The Labute approximate surface area is 66.4 Å². The maximum atomic E-state index is 4.32. The molecule has 1 heterocycles. The van der Waals surface area contributed by atoms with Gasteiger partial charge in [-0.3, -0.25) is 0 Å². The normalized spacial score (nSPS) is 54.4. The number of rotatable bonds is 0. The average molecular weight is 148 g/mol. The molecule has 1 saturated carbocycles. The Kier molecular flexibility index (Phi) is 0.768. The van der Waals surface area contributed by atoms with E-state index in [0.29, 0.717) is 6.04 Å². The van der Waals surface area contributed by atoms with E-state index in [1.807, 2.05) is 0 Å². The number of allylic oxidation sites excluding steroid dienone is 1. The molecule has 0 aromatic carbocycles. The van der Waals surface area contributed by atoms with Crippen molar-refractivity contribution < 1.29 is 0 Å². The smallest absolute Gasteiger partial charge is 0.0834 e. The molecule has 0 amide bonds. The van der Waals surface area contributed by atoms with Crippen LogP contribution in [0.5, 0.6) is 0 Å². The van der Waals surface area contributed by atoms with Crippen LogP contribution < -0.4 is 0 Å². The molecule has 0 unspecified atom stereocenters. The van der Waals surface area contributed by atoms with Crippen molar-refractivity contribution in [2.24, 2.45) is 28.0 Å². The summed E-state index contributed by atoms with van der Waals surface area (Å²) in [5, 5.41) is 8.63. The van der Waals surface area contributed by atoms with E-state index >= 15 is 0 Å². The maximum Gasteiger partial charge on any atom is 0.0834 e. The summed E-state index contributed by atoms with van der Waals surface area (Å²) in [6.45, 7) is 4.40. The minimum absolute atomic E-state index is 0.122. The lowest BCUT2D eigenvalue weighted by molar-refractivity contribution is 0.0626. The Balaban J connectivity index is 1.99. The minimum atomic E-state index is 0.122. The summed E-state index contributed by atoms with van der Waals surface area (Å²) < 4.78 is 0. The Morgan fingerprint density at radius 3 is 2.45 bits per heavy atom. The molecule has 0 N–H and O–H groups in total. The second-order valence-electron chi connectivity index (χ2n) is 4.43. The SMILES string of the molecule is CC1(C)N=N[C@H]2[C@@H]3C=C[C@@H]3[C@H]21. The van der Waals surface area contributed by atoms with Crippen molar-refractivity contribution in [1.82, 2.24) is 0 Å². The van der Waals surface area contributed by atoms with Crippen molar-refractivity contribution >= 4 is 0 Å². The number of nitrogens with zero attached hydrogens (tertiary/aromatic N) is 2. The molecule has 2 nitrogen and oxygen atoms in total. The third-order valence-electron chi connectivity index (χ3n) is 3.44. The molecule has 0 radical (unpaired) electrons. The monoisotopic (exact) mass is 148 g/mol. The van der Waals surface area contributed by atoms with E-state index in [1.54, 1.807) is 0 Å². The van der Waals surface area contributed by atoms with Gasteiger partial charge in [0.2, 0.25) is 0 Å². The highest BCUT2D eigenvalue weighted by Crippen LogP contribution is 2.58. The van der Waals surface area contributed by atoms with Gasteiger partial charge < -0.3 is 0 Å². The molecule has 3 aliphatic rings. The molecule has 4 atom stereocenters. The molecule has 1 aliphatic heterocycles. The van der Waals surface area contributed by atoms with Gasteiger partial charge in [0, 0.05) is 11.8 Å². The Morgan fingerprint density at radius 1 is 1.18 bits per heavy atom.